The highest BCUT2D eigenvalue weighted by Gasteiger charge is 2.24. The van der Waals surface area contributed by atoms with Crippen molar-refractivity contribution in [2.24, 2.45) is 0 Å². The van der Waals surface area contributed by atoms with Gasteiger partial charge in [-0.05, 0) is 23.8 Å². The molecule has 0 saturated carbocycles. The summed E-state index contributed by atoms with van der Waals surface area (Å²) in [6.07, 6.45) is 1.91. The van der Waals surface area contributed by atoms with Gasteiger partial charge in [0.05, 0.1) is 10.4 Å². The topological polar surface area (TPSA) is 90.0 Å². The average Bonchev–Trinajstić information content (AvgIpc) is 3.10. The molecule has 1 aromatic heterocycles. The SMILES string of the molecule is C=CCN(C=O)C(=O)c1cc(C(=O)NCc2ccc(O)cc2)sc1N(C)C. The number of amides is 3. The van der Waals surface area contributed by atoms with E-state index in [4.69, 9.17) is 0 Å². The summed E-state index contributed by atoms with van der Waals surface area (Å²) in [4.78, 5) is 39.4. The second-order valence-electron chi connectivity index (χ2n) is 5.92. The van der Waals surface area contributed by atoms with E-state index in [1.54, 1.807) is 43.3 Å². The number of benzene rings is 1. The van der Waals surface area contributed by atoms with Gasteiger partial charge in [-0.2, -0.15) is 0 Å². The van der Waals surface area contributed by atoms with Crippen LogP contribution in [0.4, 0.5) is 5.00 Å². The molecular weight excluding hydrogens is 366 g/mol. The van der Waals surface area contributed by atoms with Crippen molar-refractivity contribution in [3.8, 4) is 5.75 Å². The first-order valence-corrected chi connectivity index (χ1v) is 8.93. The molecule has 0 aliphatic heterocycles. The van der Waals surface area contributed by atoms with E-state index in [1.807, 2.05) is 0 Å². The van der Waals surface area contributed by atoms with Gasteiger partial charge in [-0.1, -0.05) is 18.2 Å². The first kappa shape index (κ1) is 20.2. The predicted octanol–water partition coefficient (Wildman–Crippen LogP) is 2.23. The number of thiophene rings is 1. The Balaban J connectivity index is 2.20. The van der Waals surface area contributed by atoms with Crippen LogP contribution in [0.3, 0.4) is 0 Å². The molecule has 8 heteroatoms. The molecule has 2 N–H and O–H groups in total. The van der Waals surface area contributed by atoms with Crippen LogP contribution in [0.25, 0.3) is 0 Å². The number of phenols is 1. The van der Waals surface area contributed by atoms with Gasteiger partial charge >= 0.3 is 0 Å². The fraction of sp³-hybridized carbons (Fsp3) is 0.211. The third-order valence-corrected chi connectivity index (χ3v) is 4.98. The zero-order valence-corrected chi connectivity index (χ0v) is 16.0. The van der Waals surface area contributed by atoms with E-state index >= 15 is 0 Å². The highest BCUT2D eigenvalue weighted by atomic mass is 32.1. The van der Waals surface area contributed by atoms with E-state index in [0.717, 1.165) is 10.5 Å². The van der Waals surface area contributed by atoms with Crippen LogP contribution in [-0.4, -0.2) is 48.9 Å². The van der Waals surface area contributed by atoms with Gasteiger partial charge in [0.2, 0.25) is 6.41 Å². The normalized spacial score (nSPS) is 10.1. The number of carbonyl (C=O) groups excluding carboxylic acids is 3. The zero-order valence-electron chi connectivity index (χ0n) is 15.1. The van der Waals surface area contributed by atoms with Gasteiger partial charge < -0.3 is 15.3 Å². The van der Waals surface area contributed by atoms with E-state index in [0.29, 0.717) is 16.3 Å². The van der Waals surface area contributed by atoms with Gasteiger partial charge in [0, 0.05) is 27.2 Å². The molecule has 0 fully saturated rings. The van der Waals surface area contributed by atoms with Crippen LogP contribution in [0.1, 0.15) is 25.6 Å². The zero-order chi connectivity index (χ0) is 20.0. The number of hydrogen-bond donors (Lipinski definition) is 2. The lowest BCUT2D eigenvalue weighted by atomic mass is 10.2. The molecule has 3 amide bonds. The summed E-state index contributed by atoms with van der Waals surface area (Å²) < 4.78 is 0. The van der Waals surface area contributed by atoms with Gasteiger partial charge in [0.15, 0.2) is 0 Å². The fourth-order valence-corrected chi connectivity index (χ4v) is 3.32. The molecule has 0 aliphatic rings. The minimum Gasteiger partial charge on any atom is -0.508 e. The third-order valence-electron chi connectivity index (χ3n) is 3.68. The van der Waals surface area contributed by atoms with Gasteiger partial charge in [-0.15, -0.1) is 17.9 Å². The molecule has 0 radical (unpaired) electrons. The van der Waals surface area contributed by atoms with Crippen LogP contribution >= 0.6 is 11.3 Å². The van der Waals surface area contributed by atoms with Gasteiger partial charge in [0.25, 0.3) is 11.8 Å². The minimum absolute atomic E-state index is 0.0907. The van der Waals surface area contributed by atoms with E-state index in [2.05, 4.69) is 11.9 Å². The number of hydrogen-bond acceptors (Lipinski definition) is 6. The Hall–Kier alpha value is -3.13. The summed E-state index contributed by atoms with van der Waals surface area (Å²) in [6, 6.07) is 8.00. The number of rotatable bonds is 8. The Morgan fingerprint density at radius 1 is 1.26 bits per heavy atom. The van der Waals surface area contributed by atoms with Crippen molar-refractivity contribution in [2.75, 3.05) is 25.5 Å². The molecule has 0 spiro atoms. The highest BCUT2D eigenvalue weighted by Crippen LogP contribution is 2.31. The molecule has 0 unspecified atom stereocenters. The standard InChI is InChI=1S/C19H21N3O4S/c1-4-9-22(12-23)18(26)15-10-16(27-19(15)21(2)3)17(25)20-11-13-5-7-14(24)8-6-13/h4-8,10,12,24H,1,9,11H2,2-3H3,(H,20,25). The first-order chi connectivity index (χ1) is 12.9. The summed E-state index contributed by atoms with van der Waals surface area (Å²) in [5, 5.41) is 12.7. The van der Waals surface area contributed by atoms with Crippen LogP contribution in [-0.2, 0) is 11.3 Å². The Morgan fingerprint density at radius 2 is 1.93 bits per heavy atom. The van der Waals surface area contributed by atoms with Crippen molar-refractivity contribution in [2.45, 2.75) is 6.54 Å². The Bertz CT molecular complexity index is 843. The third kappa shape index (κ3) is 4.95. The van der Waals surface area contributed by atoms with Crippen molar-refractivity contribution >= 4 is 34.6 Å². The molecule has 2 aromatic rings. The van der Waals surface area contributed by atoms with E-state index < -0.39 is 5.91 Å². The highest BCUT2D eigenvalue weighted by molar-refractivity contribution is 7.18. The van der Waals surface area contributed by atoms with Crippen LogP contribution in [0.5, 0.6) is 5.75 Å². The fourth-order valence-electron chi connectivity index (χ4n) is 2.33. The maximum atomic E-state index is 12.6. The van der Waals surface area contributed by atoms with Crippen molar-refractivity contribution in [3.05, 3.63) is 59.0 Å². The smallest absolute Gasteiger partial charge is 0.263 e. The summed E-state index contributed by atoms with van der Waals surface area (Å²) in [7, 11) is 3.53. The summed E-state index contributed by atoms with van der Waals surface area (Å²) in [6.45, 7) is 3.91. The molecule has 27 heavy (non-hydrogen) atoms. The number of aromatic hydroxyl groups is 1. The molecular formula is C19H21N3O4S. The molecule has 0 saturated heterocycles. The summed E-state index contributed by atoms with van der Waals surface area (Å²) in [5.41, 5.74) is 1.12. The second kappa shape index (κ2) is 9.00. The van der Waals surface area contributed by atoms with Crippen LogP contribution in [0.15, 0.2) is 43.0 Å². The minimum atomic E-state index is -0.484. The molecule has 0 aliphatic carbocycles. The molecule has 2 rings (SSSR count). The van der Waals surface area contributed by atoms with Gasteiger partial charge in [0.1, 0.15) is 10.8 Å². The van der Waals surface area contributed by atoms with Crippen LogP contribution in [0, 0.1) is 0 Å². The molecule has 1 aromatic carbocycles. The van der Waals surface area contributed by atoms with Crippen molar-refractivity contribution in [3.63, 3.8) is 0 Å². The molecule has 0 atom stereocenters. The van der Waals surface area contributed by atoms with Crippen molar-refractivity contribution in [1.82, 2.24) is 10.2 Å². The predicted molar refractivity (Wildman–Crippen MR) is 105 cm³/mol. The van der Waals surface area contributed by atoms with Crippen LogP contribution < -0.4 is 10.2 Å². The lowest BCUT2D eigenvalue weighted by molar-refractivity contribution is -0.115. The monoisotopic (exact) mass is 387 g/mol. The van der Waals surface area contributed by atoms with Crippen LogP contribution in [0.2, 0.25) is 0 Å². The molecule has 142 valence electrons. The van der Waals surface area contributed by atoms with Crippen molar-refractivity contribution < 1.29 is 19.5 Å². The Labute approximate surface area is 161 Å². The maximum absolute atomic E-state index is 12.6. The summed E-state index contributed by atoms with van der Waals surface area (Å²) in [5.74, 6) is -0.652. The number of nitrogens with zero attached hydrogens (tertiary/aromatic N) is 2. The van der Waals surface area contributed by atoms with Gasteiger partial charge in [-0.25, -0.2) is 0 Å². The number of imide groups is 1. The number of nitrogens with one attached hydrogen (secondary N) is 1. The molecule has 7 nitrogen and oxygen atoms in total. The van der Waals surface area contributed by atoms with Crippen molar-refractivity contribution in [1.29, 1.82) is 0 Å². The van der Waals surface area contributed by atoms with E-state index in [9.17, 15) is 19.5 Å². The maximum Gasteiger partial charge on any atom is 0.263 e. The average molecular weight is 387 g/mol. The molecule has 0 bridgehead atoms. The number of anilines is 1. The summed E-state index contributed by atoms with van der Waals surface area (Å²) >= 11 is 1.17. The lowest BCUT2D eigenvalue weighted by Crippen LogP contribution is -2.30. The first-order valence-electron chi connectivity index (χ1n) is 8.11. The second-order valence-corrected chi connectivity index (χ2v) is 6.96. The number of phenolic OH excluding ortho intramolecular Hbond substituents is 1. The van der Waals surface area contributed by atoms with E-state index in [1.165, 1.54) is 23.5 Å². The molecule has 1 heterocycles. The lowest BCUT2D eigenvalue weighted by Gasteiger charge is -2.16. The largest absolute Gasteiger partial charge is 0.508 e. The quantitative estimate of drug-likeness (QED) is 0.536. The Morgan fingerprint density at radius 3 is 2.48 bits per heavy atom. The number of carbonyl (C=O) groups is 3. The van der Waals surface area contributed by atoms with Gasteiger partial charge in [-0.3, -0.25) is 19.3 Å². The van der Waals surface area contributed by atoms with E-state index in [-0.39, 0.29) is 30.3 Å². The Kier molecular flexibility index (Phi) is 6.73.